The number of benzene rings is 1. The Labute approximate surface area is 130 Å². The van der Waals surface area contributed by atoms with Gasteiger partial charge < -0.3 is 9.53 Å². The first-order valence-electron chi connectivity index (χ1n) is 7.45. The van der Waals surface area contributed by atoms with Crippen LogP contribution in [-0.4, -0.2) is 19.0 Å². The first-order chi connectivity index (χ1) is 9.49. The molecule has 116 valence electrons. The molecule has 1 aromatic carbocycles. The van der Waals surface area contributed by atoms with Gasteiger partial charge in [0.2, 0.25) is 0 Å². The van der Waals surface area contributed by atoms with Crippen molar-refractivity contribution in [2.45, 2.75) is 64.3 Å². The molecule has 0 radical (unpaired) electrons. The molecule has 2 nitrogen and oxygen atoms in total. The summed E-state index contributed by atoms with van der Waals surface area (Å²) in [5, 5.41) is 9.46. The normalized spacial score (nSPS) is 15.3. The van der Waals surface area contributed by atoms with Crippen molar-refractivity contribution in [1.82, 2.24) is 0 Å². The zero-order valence-corrected chi connectivity index (χ0v) is 15.2. The van der Waals surface area contributed by atoms with Crippen molar-refractivity contribution in [3.05, 3.63) is 29.8 Å². The highest BCUT2D eigenvalue weighted by molar-refractivity contribution is 6.74. The number of hydrogen-bond donors (Lipinski definition) is 1. The van der Waals surface area contributed by atoms with Crippen LogP contribution in [0.2, 0.25) is 18.1 Å². The predicted molar refractivity (Wildman–Crippen MR) is 91.9 cm³/mol. The smallest absolute Gasteiger partial charge is 0.194 e. The molecule has 1 rings (SSSR count). The van der Waals surface area contributed by atoms with E-state index in [2.05, 4.69) is 39.8 Å². The summed E-state index contributed by atoms with van der Waals surface area (Å²) < 4.78 is 6.44. The fraction of sp³-hybridized carbons (Fsp3) is 0.556. The van der Waals surface area contributed by atoms with Crippen molar-refractivity contribution in [1.29, 1.82) is 0 Å². The molecule has 0 amide bonds. The van der Waals surface area contributed by atoms with Gasteiger partial charge in [0, 0.05) is 0 Å². The summed E-state index contributed by atoms with van der Waals surface area (Å²) in [6.07, 6.45) is 7.37. The highest BCUT2D eigenvalue weighted by Gasteiger charge is 2.42. The van der Waals surface area contributed by atoms with Crippen LogP contribution in [-0.2, 0) is 10.8 Å². The minimum atomic E-state index is -1.89. The Morgan fingerprint density at radius 2 is 1.67 bits per heavy atom. The highest BCUT2D eigenvalue weighted by atomic mass is 28.4. The van der Waals surface area contributed by atoms with Gasteiger partial charge in [-0.1, -0.05) is 38.8 Å². The molecule has 0 unspecified atom stereocenters. The molecular formula is C18H28O2Si. The summed E-state index contributed by atoms with van der Waals surface area (Å²) in [7, 11) is -1.89. The molecule has 0 aliphatic carbocycles. The van der Waals surface area contributed by atoms with E-state index in [1.807, 2.05) is 19.1 Å². The van der Waals surface area contributed by atoms with E-state index in [0.29, 0.717) is 0 Å². The number of aryl methyl sites for hydroxylation is 1. The monoisotopic (exact) mass is 304 g/mol. The summed E-state index contributed by atoms with van der Waals surface area (Å²) in [6, 6.07) is 7.27. The molecular weight excluding hydrogens is 276 g/mol. The second kappa shape index (κ2) is 6.25. The van der Waals surface area contributed by atoms with E-state index in [9.17, 15) is 5.11 Å². The van der Waals surface area contributed by atoms with Crippen LogP contribution in [0, 0.1) is 12.3 Å². The fourth-order valence-electron chi connectivity index (χ4n) is 1.91. The lowest BCUT2D eigenvalue weighted by Gasteiger charge is -2.42. The second-order valence-electron chi connectivity index (χ2n) is 7.40. The molecule has 0 fully saturated rings. The van der Waals surface area contributed by atoms with Crippen molar-refractivity contribution in [3.8, 4) is 18.1 Å². The van der Waals surface area contributed by atoms with Crippen LogP contribution in [0.1, 0.15) is 39.7 Å². The summed E-state index contributed by atoms with van der Waals surface area (Å²) in [4.78, 5) is 0. The van der Waals surface area contributed by atoms with Gasteiger partial charge in [0.05, 0.1) is 0 Å². The lowest BCUT2D eigenvalue weighted by molar-refractivity contribution is 0.122. The molecule has 0 aromatic heterocycles. The molecule has 0 spiro atoms. The van der Waals surface area contributed by atoms with E-state index in [4.69, 9.17) is 10.8 Å². The molecule has 0 heterocycles. The average Bonchev–Trinajstić information content (AvgIpc) is 2.36. The van der Waals surface area contributed by atoms with Gasteiger partial charge in [-0.3, -0.25) is 0 Å². The average molecular weight is 305 g/mol. The third kappa shape index (κ3) is 4.91. The molecule has 0 aliphatic rings. The minimum absolute atomic E-state index is 0.143. The first kappa shape index (κ1) is 17.8. The van der Waals surface area contributed by atoms with Gasteiger partial charge in [0.1, 0.15) is 11.4 Å². The third-order valence-electron chi connectivity index (χ3n) is 4.42. The van der Waals surface area contributed by atoms with Gasteiger partial charge in [-0.15, -0.1) is 6.42 Å². The molecule has 3 heteroatoms. The Morgan fingerprint density at radius 3 is 2.10 bits per heavy atom. The Morgan fingerprint density at radius 1 is 1.14 bits per heavy atom. The number of aromatic hydroxyl groups is 1. The number of phenolic OH excluding ortho intramolecular Hbond substituents is 1. The Hall–Kier alpha value is -1.24. The molecule has 0 saturated heterocycles. The standard InChI is InChI=1S/C18H28O2Si/c1-8-18(5,20-21(6,7)17(2,3)4)14-13-15-9-11-16(19)12-10-15/h1,9-12,19H,13-14H2,2-7H3/t18-/m1/s1. The predicted octanol–water partition coefficient (Wildman–Crippen LogP) is 4.74. The fourth-order valence-corrected chi connectivity index (χ4v) is 3.51. The SMILES string of the molecule is C#C[C@](C)(CCc1ccc(O)cc1)O[Si](C)(C)C(C)(C)C. The van der Waals surface area contributed by atoms with Crippen LogP contribution in [0.25, 0.3) is 0 Å². The zero-order chi connectivity index (χ0) is 16.3. The summed E-state index contributed by atoms with van der Waals surface area (Å²) in [6.45, 7) is 13.1. The van der Waals surface area contributed by atoms with Crippen LogP contribution in [0.15, 0.2) is 24.3 Å². The van der Waals surface area contributed by atoms with Gasteiger partial charge in [-0.2, -0.15) is 0 Å². The molecule has 1 aromatic rings. The second-order valence-corrected chi connectivity index (χ2v) is 12.1. The van der Waals surface area contributed by atoms with E-state index < -0.39 is 13.9 Å². The molecule has 0 saturated carbocycles. The lowest BCUT2D eigenvalue weighted by Crippen LogP contribution is -2.48. The van der Waals surface area contributed by atoms with Gasteiger partial charge in [-0.05, 0) is 55.6 Å². The summed E-state index contributed by atoms with van der Waals surface area (Å²) in [5.41, 5.74) is 0.619. The maximum atomic E-state index is 9.32. The van der Waals surface area contributed by atoms with Gasteiger partial charge in [0.25, 0.3) is 0 Å². The van der Waals surface area contributed by atoms with E-state index >= 15 is 0 Å². The lowest BCUT2D eigenvalue weighted by atomic mass is 9.98. The molecule has 1 atom stereocenters. The van der Waals surface area contributed by atoms with Crippen molar-refractivity contribution >= 4 is 8.32 Å². The number of rotatable bonds is 5. The van der Waals surface area contributed by atoms with Crippen LogP contribution in [0.5, 0.6) is 5.75 Å². The van der Waals surface area contributed by atoms with E-state index in [1.165, 1.54) is 0 Å². The van der Waals surface area contributed by atoms with E-state index in [-0.39, 0.29) is 10.8 Å². The molecule has 0 bridgehead atoms. The van der Waals surface area contributed by atoms with Crippen LogP contribution in [0.3, 0.4) is 0 Å². The topological polar surface area (TPSA) is 29.5 Å². The third-order valence-corrected chi connectivity index (χ3v) is 8.99. The van der Waals surface area contributed by atoms with Crippen molar-refractivity contribution in [2.24, 2.45) is 0 Å². The van der Waals surface area contributed by atoms with E-state index in [0.717, 1.165) is 18.4 Å². The maximum absolute atomic E-state index is 9.32. The van der Waals surface area contributed by atoms with Crippen molar-refractivity contribution in [2.75, 3.05) is 0 Å². The number of phenols is 1. The van der Waals surface area contributed by atoms with Crippen molar-refractivity contribution in [3.63, 3.8) is 0 Å². The van der Waals surface area contributed by atoms with Crippen molar-refractivity contribution < 1.29 is 9.53 Å². The van der Waals surface area contributed by atoms with E-state index in [1.54, 1.807) is 12.1 Å². The zero-order valence-electron chi connectivity index (χ0n) is 14.2. The summed E-state index contributed by atoms with van der Waals surface area (Å²) in [5.74, 6) is 3.14. The first-order valence-corrected chi connectivity index (χ1v) is 10.4. The number of hydrogen-bond acceptors (Lipinski definition) is 2. The highest BCUT2D eigenvalue weighted by Crippen LogP contribution is 2.39. The Bertz CT molecular complexity index is 506. The van der Waals surface area contributed by atoms with Gasteiger partial charge in [0.15, 0.2) is 8.32 Å². The Balaban J connectivity index is 2.77. The summed E-state index contributed by atoms with van der Waals surface area (Å²) >= 11 is 0. The molecule has 21 heavy (non-hydrogen) atoms. The minimum Gasteiger partial charge on any atom is -0.508 e. The van der Waals surface area contributed by atoms with Crippen LogP contribution in [0.4, 0.5) is 0 Å². The van der Waals surface area contributed by atoms with Crippen LogP contribution < -0.4 is 0 Å². The quantitative estimate of drug-likeness (QED) is 0.629. The van der Waals surface area contributed by atoms with Crippen LogP contribution >= 0.6 is 0 Å². The Kier molecular flexibility index (Phi) is 5.30. The maximum Gasteiger partial charge on any atom is 0.194 e. The molecule has 0 aliphatic heterocycles. The molecule has 1 N–H and O–H groups in total. The largest absolute Gasteiger partial charge is 0.508 e. The van der Waals surface area contributed by atoms with Gasteiger partial charge >= 0.3 is 0 Å². The number of terminal acetylenes is 1. The van der Waals surface area contributed by atoms with Gasteiger partial charge in [-0.25, -0.2) is 0 Å².